The Hall–Kier alpha value is -2.08. The molecule has 1 aromatic heterocycles. The van der Waals surface area contributed by atoms with Crippen molar-refractivity contribution in [2.75, 3.05) is 7.11 Å². The number of aromatic nitrogens is 2. The summed E-state index contributed by atoms with van der Waals surface area (Å²) in [7, 11) is 1.71. The summed E-state index contributed by atoms with van der Waals surface area (Å²) in [6.45, 7) is 2.26. The molecule has 31 heavy (non-hydrogen) atoms. The lowest BCUT2D eigenvalue weighted by Crippen LogP contribution is -2.28. The van der Waals surface area contributed by atoms with Gasteiger partial charge in [-0.25, -0.2) is 0 Å². The number of hydrogen-bond donors (Lipinski definition) is 1. The normalized spacial score (nSPS) is 15.3. The highest BCUT2D eigenvalue weighted by Gasteiger charge is 2.53. The summed E-state index contributed by atoms with van der Waals surface area (Å²) in [6, 6.07) is 6.05. The average Bonchev–Trinajstić information content (AvgIpc) is 3.46. The second-order valence-corrected chi connectivity index (χ2v) is 8.75. The number of rotatable bonds is 14. The van der Waals surface area contributed by atoms with Gasteiger partial charge in [-0.15, -0.1) is 0 Å². The van der Waals surface area contributed by atoms with E-state index >= 15 is 0 Å². The van der Waals surface area contributed by atoms with Gasteiger partial charge in [0.2, 0.25) is 11.7 Å². The van der Waals surface area contributed by atoms with E-state index in [9.17, 15) is 0 Å². The van der Waals surface area contributed by atoms with Crippen LogP contribution >= 0.6 is 11.8 Å². The topological polar surface area (TPSA) is 86.5 Å². The fraction of sp³-hybridized carbons (Fsp3) is 0.625. The molecule has 0 radical (unpaired) electrons. The number of hydrogen-bond acceptors (Lipinski definition) is 5. The van der Waals surface area contributed by atoms with Crippen molar-refractivity contribution in [3.05, 3.63) is 29.7 Å². The lowest BCUT2D eigenvalue weighted by Gasteiger charge is -2.10. The summed E-state index contributed by atoms with van der Waals surface area (Å²) in [5.74, 6) is 2.29. The molecule has 0 saturated heterocycles. The number of nitrogens with zero attached hydrogens (tertiary/aromatic N) is 3. The zero-order valence-electron chi connectivity index (χ0n) is 18.8. The number of benzene rings is 1. The SMILES string of the molecule is CCCCCCCCCCCc1cc(-c2noc(C3(C(N)=NCl)CC3)n2)ccc1OC. The van der Waals surface area contributed by atoms with Crippen LogP contribution < -0.4 is 10.5 Å². The Morgan fingerprint density at radius 2 is 1.81 bits per heavy atom. The Morgan fingerprint density at radius 1 is 1.13 bits per heavy atom. The monoisotopic (exact) mass is 446 g/mol. The Bertz CT molecular complexity index is 861. The molecule has 0 spiro atoms. The molecule has 1 aromatic carbocycles. The minimum atomic E-state index is -0.487. The summed E-state index contributed by atoms with van der Waals surface area (Å²) < 4.78 is 14.7. The highest BCUT2D eigenvalue weighted by Crippen LogP contribution is 2.48. The number of halogens is 1. The molecule has 6 nitrogen and oxygen atoms in total. The molecule has 1 heterocycles. The van der Waals surface area contributed by atoms with Crippen LogP contribution in [0.5, 0.6) is 5.75 Å². The van der Waals surface area contributed by atoms with Crippen LogP contribution in [-0.4, -0.2) is 23.1 Å². The van der Waals surface area contributed by atoms with E-state index in [0.29, 0.717) is 17.6 Å². The van der Waals surface area contributed by atoms with E-state index in [1.165, 1.54) is 56.9 Å². The molecule has 0 aliphatic heterocycles. The molecule has 0 amide bonds. The van der Waals surface area contributed by atoms with Crippen molar-refractivity contribution in [1.29, 1.82) is 0 Å². The van der Waals surface area contributed by atoms with Crippen molar-refractivity contribution < 1.29 is 9.26 Å². The summed E-state index contributed by atoms with van der Waals surface area (Å²) in [5, 5.41) is 4.18. The molecule has 7 heteroatoms. The fourth-order valence-corrected chi connectivity index (χ4v) is 4.22. The first-order valence-electron chi connectivity index (χ1n) is 11.6. The Balaban J connectivity index is 1.56. The molecule has 1 fully saturated rings. The first kappa shape index (κ1) is 23.6. The van der Waals surface area contributed by atoms with Crippen molar-refractivity contribution in [1.82, 2.24) is 10.1 Å². The van der Waals surface area contributed by atoms with Crippen LogP contribution in [0.25, 0.3) is 11.4 Å². The van der Waals surface area contributed by atoms with Gasteiger partial charge in [0, 0.05) is 17.3 Å². The largest absolute Gasteiger partial charge is 0.496 e. The minimum Gasteiger partial charge on any atom is -0.496 e. The van der Waals surface area contributed by atoms with Crippen LogP contribution in [0.1, 0.15) is 89.0 Å². The van der Waals surface area contributed by atoms with Crippen LogP contribution in [-0.2, 0) is 11.8 Å². The van der Waals surface area contributed by atoms with E-state index in [-0.39, 0.29) is 0 Å². The number of unbranched alkanes of at least 4 members (excludes halogenated alkanes) is 8. The quantitative estimate of drug-likeness (QED) is 0.207. The van der Waals surface area contributed by atoms with Crippen LogP contribution in [0, 0.1) is 0 Å². The number of aryl methyl sites for hydroxylation is 1. The molecule has 0 unspecified atom stereocenters. The molecule has 2 aromatic rings. The lowest BCUT2D eigenvalue weighted by atomic mass is 10.0. The van der Waals surface area contributed by atoms with Gasteiger partial charge < -0.3 is 15.0 Å². The smallest absolute Gasteiger partial charge is 0.240 e. The van der Waals surface area contributed by atoms with E-state index in [2.05, 4.69) is 27.6 Å². The van der Waals surface area contributed by atoms with E-state index in [1.807, 2.05) is 12.1 Å². The average molecular weight is 447 g/mol. The highest BCUT2D eigenvalue weighted by atomic mass is 35.5. The van der Waals surface area contributed by atoms with Gasteiger partial charge in [0.25, 0.3) is 0 Å². The summed E-state index contributed by atoms with van der Waals surface area (Å²) in [4.78, 5) is 4.59. The Labute approximate surface area is 190 Å². The van der Waals surface area contributed by atoms with Crippen molar-refractivity contribution >= 4 is 17.6 Å². The van der Waals surface area contributed by atoms with E-state index in [4.69, 9.17) is 26.8 Å². The van der Waals surface area contributed by atoms with Gasteiger partial charge >= 0.3 is 0 Å². The van der Waals surface area contributed by atoms with Crippen LogP contribution in [0.15, 0.2) is 27.2 Å². The standard InChI is InChI=1S/C24H35ClN4O2/c1-3-4-5-6-7-8-9-10-11-12-18-17-19(13-14-20(18)30-2)21-27-23(31-29-21)24(15-16-24)22(26)28-25/h13-14,17H,3-12,15-16H2,1-2H3,(H2,26,28). The first-order chi connectivity index (χ1) is 15.1. The summed E-state index contributed by atoms with van der Waals surface area (Å²) in [6.07, 6.45) is 14.4. The van der Waals surface area contributed by atoms with Crippen molar-refractivity contribution in [2.45, 2.75) is 89.4 Å². The van der Waals surface area contributed by atoms with Gasteiger partial charge in [0.15, 0.2) is 0 Å². The number of nitrogens with two attached hydrogens (primary N) is 1. The highest BCUT2D eigenvalue weighted by molar-refractivity contribution is 6.21. The molecule has 3 rings (SSSR count). The van der Waals surface area contributed by atoms with Crippen LogP contribution in [0.3, 0.4) is 0 Å². The van der Waals surface area contributed by atoms with Gasteiger partial charge in [-0.3, -0.25) is 0 Å². The number of ether oxygens (including phenoxy) is 1. The van der Waals surface area contributed by atoms with Gasteiger partial charge in [0.05, 0.1) is 7.11 Å². The van der Waals surface area contributed by atoms with Gasteiger partial charge in [-0.2, -0.15) is 9.50 Å². The fourth-order valence-electron chi connectivity index (χ4n) is 4.06. The second kappa shape index (κ2) is 11.5. The molecule has 0 bridgehead atoms. The molecule has 1 saturated carbocycles. The van der Waals surface area contributed by atoms with E-state index < -0.39 is 5.41 Å². The Morgan fingerprint density at radius 3 is 2.42 bits per heavy atom. The van der Waals surface area contributed by atoms with Crippen LogP contribution in [0.2, 0.25) is 0 Å². The Kier molecular flexibility index (Phi) is 8.76. The predicted octanol–water partition coefficient (Wildman–Crippen LogP) is 6.36. The van der Waals surface area contributed by atoms with E-state index in [1.54, 1.807) is 7.11 Å². The third kappa shape index (κ3) is 6.00. The first-order valence-corrected chi connectivity index (χ1v) is 11.9. The third-order valence-corrected chi connectivity index (χ3v) is 6.44. The van der Waals surface area contributed by atoms with Gasteiger partial charge in [0.1, 0.15) is 17.0 Å². The second-order valence-electron chi connectivity index (χ2n) is 8.58. The molecule has 1 aliphatic rings. The van der Waals surface area contributed by atoms with Crippen LogP contribution in [0.4, 0.5) is 0 Å². The molecule has 2 N–H and O–H groups in total. The van der Waals surface area contributed by atoms with Crippen molar-refractivity contribution in [3.63, 3.8) is 0 Å². The maximum Gasteiger partial charge on any atom is 0.240 e. The summed E-state index contributed by atoms with van der Waals surface area (Å²) in [5.41, 5.74) is 7.56. The number of methoxy groups -OCH3 is 1. The molecular weight excluding hydrogens is 412 g/mol. The van der Waals surface area contributed by atoms with E-state index in [0.717, 1.165) is 37.0 Å². The minimum absolute atomic E-state index is 0.338. The predicted molar refractivity (Wildman–Crippen MR) is 126 cm³/mol. The van der Waals surface area contributed by atoms with Gasteiger partial charge in [-0.05, 0) is 49.4 Å². The molecule has 0 atom stereocenters. The zero-order valence-corrected chi connectivity index (χ0v) is 19.6. The molecular formula is C24H35ClN4O2. The zero-order chi connectivity index (χ0) is 22.1. The maximum atomic E-state index is 5.95. The lowest BCUT2D eigenvalue weighted by molar-refractivity contribution is 0.367. The third-order valence-electron chi connectivity index (χ3n) is 6.26. The van der Waals surface area contributed by atoms with Crippen molar-refractivity contribution in [2.24, 2.45) is 10.2 Å². The molecule has 1 aliphatic carbocycles. The van der Waals surface area contributed by atoms with Crippen molar-refractivity contribution in [3.8, 4) is 17.1 Å². The maximum absolute atomic E-state index is 5.95. The molecule has 170 valence electrons. The summed E-state index contributed by atoms with van der Waals surface area (Å²) >= 11 is 5.57. The van der Waals surface area contributed by atoms with Gasteiger partial charge in [-0.1, -0.05) is 63.4 Å². The number of amidine groups is 1.